The molecule has 0 amide bonds. The van der Waals surface area contributed by atoms with E-state index in [1.165, 1.54) is 12.1 Å². The monoisotopic (exact) mass is 265 g/mol. The van der Waals surface area contributed by atoms with Crippen LogP contribution in [0.4, 0.5) is 4.39 Å². The smallest absolute Gasteiger partial charge is 0.124 e. The minimum Gasteiger partial charge on any atom is -0.207 e. The minimum atomic E-state index is -0.525. The topological polar surface area (TPSA) is 23.8 Å². The van der Waals surface area contributed by atoms with E-state index in [4.69, 9.17) is 11.6 Å². The number of halogens is 2. The van der Waals surface area contributed by atoms with E-state index < -0.39 is 5.41 Å². The van der Waals surface area contributed by atoms with E-state index in [0.717, 1.165) is 18.4 Å². The third kappa shape index (κ3) is 2.12. The van der Waals surface area contributed by atoms with Crippen LogP contribution >= 0.6 is 11.6 Å². The number of rotatable bonds is 1. The van der Waals surface area contributed by atoms with E-state index in [9.17, 15) is 9.65 Å². The molecule has 0 saturated heterocycles. The Labute approximate surface area is 113 Å². The van der Waals surface area contributed by atoms with Crippen LogP contribution in [0.15, 0.2) is 18.2 Å². The molecule has 3 heteroatoms. The molecule has 0 radical (unpaired) electrons. The first-order valence-corrected chi connectivity index (χ1v) is 6.53. The maximum Gasteiger partial charge on any atom is 0.124 e. The van der Waals surface area contributed by atoms with Gasteiger partial charge in [-0.15, -0.1) is 0 Å². The van der Waals surface area contributed by atoms with Crippen molar-refractivity contribution in [2.75, 3.05) is 0 Å². The molecule has 0 atom stereocenters. The molecule has 1 saturated carbocycles. The molecular weight excluding hydrogens is 249 g/mol. The van der Waals surface area contributed by atoms with Gasteiger partial charge >= 0.3 is 0 Å². The Hall–Kier alpha value is -1.07. The van der Waals surface area contributed by atoms with E-state index in [-0.39, 0.29) is 11.2 Å². The van der Waals surface area contributed by atoms with Gasteiger partial charge in [0.15, 0.2) is 0 Å². The summed E-state index contributed by atoms with van der Waals surface area (Å²) in [6.07, 6.45) is 1.61. The zero-order chi connectivity index (χ0) is 13.6. The van der Waals surface area contributed by atoms with Crippen molar-refractivity contribution in [3.63, 3.8) is 0 Å². The van der Waals surface area contributed by atoms with Crippen LogP contribution in [-0.4, -0.2) is 0 Å². The zero-order valence-corrected chi connectivity index (χ0v) is 11.7. The van der Waals surface area contributed by atoms with Gasteiger partial charge in [0.25, 0.3) is 0 Å². The average molecular weight is 266 g/mol. The number of benzene rings is 1. The number of nitrogens with zero attached hydrogens (tertiary/aromatic N) is 1. The predicted octanol–water partition coefficient (Wildman–Crippen LogP) is 4.70. The van der Waals surface area contributed by atoms with Gasteiger partial charge in [-0.2, -0.15) is 5.26 Å². The summed E-state index contributed by atoms with van der Waals surface area (Å²) >= 11 is 6.08. The van der Waals surface area contributed by atoms with Gasteiger partial charge < -0.3 is 0 Å². The SMILES string of the molecule is CC(C)(C)C1CC(C#N)(c2ccc(F)cc2Cl)C1. The van der Waals surface area contributed by atoms with Crippen molar-refractivity contribution in [1.29, 1.82) is 5.26 Å². The Bertz CT molecular complexity index is 504. The summed E-state index contributed by atoms with van der Waals surface area (Å²) < 4.78 is 13.1. The highest BCUT2D eigenvalue weighted by Gasteiger charge is 2.50. The Morgan fingerprint density at radius 3 is 2.44 bits per heavy atom. The van der Waals surface area contributed by atoms with Crippen LogP contribution in [0.2, 0.25) is 5.02 Å². The van der Waals surface area contributed by atoms with Gasteiger partial charge in [0.1, 0.15) is 5.82 Å². The van der Waals surface area contributed by atoms with Crippen molar-refractivity contribution in [3.8, 4) is 6.07 Å². The fraction of sp³-hybridized carbons (Fsp3) is 0.533. The molecule has 2 rings (SSSR count). The van der Waals surface area contributed by atoms with Crippen LogP contribution in [0.25, 0.3) is 0 Å². The molecule has 1 aromatic carbocycles. The minimum absolute atomic E-state index is 0.201. The highest BCUT2D eigenvalue weighted by Crippen LogP contribution is 2.55. The Morgan fingerprint density at radius 1 is 1.39 bits per heavy atom. The first-order valence-electron chi connectivity index (χ1n) is 6.15. The summed E-state index contributed by atoms with van der Waals surface area (Å²) in [5.74, 6) is 0.154. The molecule has 1 aliphatic rings. The van der Waals surface area contributed by atoms with Crippen molar-refractivity contribution in [3.05, 3.63) is 34.6 Å². The van der Waals surface area contributed by atoms with E-state index in [1.807, 2.05) is 0 Å². The third-order valence-electron chi connectivity index (χ3n) is 4.08. The van der Waals surface area contributed by atoms with Gasteiger partial charge in [-0.25, -0.2) is 4.39 Å². The van der Waals surface area contributed by atoms with Crippen molar-refractivity contribution in [1.82, 2.24) is 0 Å². The van der Waals surface area contributed by atoms with Crippen LogP contribution in [0.5, 0.6) is 0 Å². The van der Waals surface area contributed by atoms with Crippen molar-refractivity contribution < 1.29 is 4.39 Å². The van der Waals surface area contributed by atoms with Crippen LogP contribution in [0.1, 0.15) is 39.2 Å². The number of nitriles is 1. The molecule has 0 bridgehead atoms. The predicted molar refractivity (Wildman–Crippen MR) is 70.9 cm³/mol. The van der Waals surface area contributed by atoms with Gasteiger partial charge in [-0.3, -0.25) is 0 Å². The van der Waals surface area contributed by atoms with Gasteiger partial charge in [-0.05, 0) is 41.9 Å². The Balaban J connectivity index is 2.30. The fourth-order valence-electron chi connectivity index (χ4n) is 2.64. The lowest BCUT2D eigenvalue weighted by Crippen LogP contribution is -2.45. The maximum absolute atomic E-state index is 13.1. The quantitative estimate of drug-likeness (QED) is 0.722. The highest BCUT2D eigenvalue weighted by atomic mass is 35.5. The normalized spacial score (nSPS) is 27.4. The second-order valence-electron chi connectivity index (χ2n) is 6.29. The molecule has 1 aromatic rings. The molecule has 0 heterocycles. The molecule has 1 aliphatic carbocycles. The second-order valence-corrected chi connectivity index (χ2v) is 6.70. The summed E-state index contributed by atoms with van der Waals surface area (Å²) in [6, 6.07) is 6.71. The fourth-order valence-corrected chi connectivity index (χ4v) is 2.99. The first kappa shape index (κ1) is 13.4. The van der Waals surface area contributed by atoms with Crippen LogP contribution < -0.4 is 0 Å². The third-order valence-corrected chi connectivity index (χ3v) is 4.39. The zero-order valence-electron chi connectivity index (χ0n) is 10.9. The highest BCUT2D eigenvalue weighted by molar-refractivity contribution is 6.31. The van der Waals surface area contributed by atoms with Gasteiger partial charge in [0.2, 0.25) is 0 Å². The molecule has 96 valence electrons. The molecule has 0 N–H and O–H groups in total. The lowest BCUT2D eigenvalue weighted by atomic mass is 9.53. The largest absolute Gasteiger partial charge is 0.207 e. The molecule has 1 fully saturated rings. The summed E-state index contributed by atoms with van der Waals surface area (Å²) in [7, 11) is 0. The Morgan fingerprint density at radius 2 is 2.00 bits per heavy atom. The molecule has 18 heavy (non-hydrogen) atoms. The second kappa shape index (κ2) is 4.24. The number of hydrogen-bond acceptors (Lipinski definition) is 1. The summed E-state index contributed by atoms with van der Waals surface area (Å²) in [5, 5.41) is 9.83. The lowest BCUT2D eigenvalue weighted by molar-refractivity contribution is 0.0783. The molecule has 0 unspecified atom stereocenters. The van der Waals surface area contributed by atoms with E-state index in [2.05, 4.69) is 26.8 Å². The van der Waals surface area contributed by atoms with Gasteiger partial charge in [0.05, 0.1) is 11.5 Å². The molecule has 0 aromatic heterocycles. The maximum atomic E-state index is 13.1. The molecule has 0 aliphatic heterocycles. The Kier molecular flexibility index (Phi) is 3.15. The van der Waals surface area contributed by atoms with Crippen molar-refractivity contribution in [2.24, 2.45) is 11.3 Å². The first-order chi connectivity index (χ1) is 8.28. The van der Waals surface area contributed by atoms with Crippen LogP contribution in [-0.2, 0) is 5.41 Å². The number of hydrogen-bond donors (Lipinski definition) is 0. The summed E-state index contributed by atoms with van der Waals surface area (Å²) in [5.41, 5.74) is 0.448. The van der Waals surface area contributed by atoms with Gasteiger partial charge in [0, 0.05) is 5.02 Å². The van der Waals surface area contributed by atoms with Crippen LogP contribution in [0, 0.1) is 28.5 Å². The van der Waals surface area contributed by atoms with Crippen LogP contribution in [0.3, 0.4) is 0 Å². The summed E-state index contributed by atoms with van der Waals surface area (Å²) in [6.45, 7) is 6.56. The van der Waals surface area contributed by atoms with E-state index in [0.29, 0.717) is 10.9 Å². The van der Waals surface area contributed by atoms with Crippen molar-refractivity contribution >= 4 is 11.6 Å². The summed E-state index contributed by atoms with van der Waals surface area (Å²) in [4.78, 5) is 0. The lowest BCUT2D eigenvalue weighted by Gasteiger charge is -2.49. The molecular formula is C15H17ClFN. The van der Waals surface area contributed by atoms with E-state index in [1.54, 1.807) is 6.07 Å². The average Bonchev–Trinajstić information content (AvgIpc) is 2.17. The van der Waals surface area contributed by atoms with Crippen molar-refractivity contribution in [2.45, 2.75) is 39.0 Å². The molecule has 1 nitrogen and oxygen atoms in total. The van der Waals surface area contributed by atoms with Gasteiger partial charge in [-0.1, -0.05) is 38.4 Å². The molecule has 0 spiro atoms. The standard InChI is InChI=1S/C15H17ClFN/c1-14(2,3)10-7-15(8-10,9-18)12-5-4-11(17)6-13(12)16/h4-6,10H,7-8H2,1-3H3. The van der Waals surface area contributed by atoms with E-state index >= 15 is 0 Å².